The van der Waals surface area contributed by atoms with Crippen LogP contribution in [0.25, 0.3) is 6.08 Å². The number of amides is 1. The fourth-order valence-electron chi connectivity index (χ4n) is 2.37. The van der Waals surface area contributed by atoms with E-state index < -0.39 is 28.8 Å². The maximum Gasteiger partial charge on any atom is 0.410 e. The van der Waals surface area contributed by atoms with Gasteiger partial charge in [-0.25, -0.2) is 9.59 Å². The largest absolute Gasteiger partial charge is 0.507 e. The average molecular weight is 387 g/mol. The van der Waals surface area contributed by atoms with Crippen LogP contribution in [0.3, 0.4) is 0 Å². The van der Waals surface area contributed by atoms with E-state index >= 15 is 0 Å². The van der Waals surface area contributed by atoms with Crippen LogP contribution in [0.15, 0.2) is 55.9 Å². The average Bonchev–Trinajstić information content (AvgIpc) is 3.16. The van der Waals surface area contributed by atoms with E-state index in [0.717, 1.165) is 0 Å². The first kappa shape index (κ1) is 20.8. The predicted octanol–water partition coefficient (Wildman–Crippen LogP) is 3.42. The summed E-state index contributed by atoms with van der Waals surface area (Å²) in [5, 5.41) is 12.5. The number of carbonyl (C=O) groups is 2. The van der Waals surface area contributed by atoms with Crippen LogP contribution in [0.1, 0.15) is 41.6 Å². The number of hydrogen-bond acceptors (Lipinski definition) is 7. The molecule has 0 atom stereocenters. The maximum atomic E-state index is 12.5. The molecule has 2 rings (SSSR count). The van der Waals surface area contributed by atoms with Crippen molar-refractivity contribution in [2.45, 2.75) is 26.2 Å². The topological polar surface area (TPSA) is 119 Å². The third-order valence-electron chi connectivity index (χ3n) is 3.77. The van der Waals surface area contributed by atoms with Crippen molar-refractivity contribution < 1.29 is 28.3 Å². The molecule has 0 unspecified atom stereocenters. The summed E-state index contributed by atoms with van der Waals surface area (Å²) < 4.78 is 14.7. The minimum atomic E-state index is -0.893. The van der Waals surface area contributed by atoms with Gasteiger partial charge in [-0.1, -0.05) is 6.08 Å². The van der Waals surface area contributed by atoms with Crippen LogP contribution in [0.4, 0.5) is 4.79 Å². The van der Waals surface area contributed by atoms with E-state index in [1.54, 1.807) is 18.2 Å². The van der Waals surface area contributed by atoms with Crippen molar-refractivity contribution in [2.24, 2.45) is 0 Å². The smallest absolute Gasteiger partial charge is 0.410 e. The van der Waals surface area contributed by atoms with E-state index in [2.05, 4.69) is 10.1 Å². The number of rotatable bonds is 8. The van der Waals surface area contributed by atoms with Gasteiger partial charge in [0.05, 0.1) is 13.4 Å². The summed E-state index contributed by atoms with van der Waals surface area (Å²) in [5.41, 5.74) is -1.07. The highest BCUT2D eigenvalue weighted by atomic mass is 16.5. The van der Waals surface area contributed by atoms with E-state index in [9.17, 15) is 19.5 Å². The van der Waals surface area contributed by atoms with E-state index in [-0.39, 0.29) is 11.3 Å². The molecule has 0 aliphatic carbocycles. The van der Waals surface area contributed by atoms with Crippen LogP contribution in [0.2, 0.25) is 0 Å². The fourth-order valence-corrected chi connectivity index (χ4v) is 2.37. The molecule has 0 radical (unpaired) electrons. The van der Waals surface area contributed by atoms with Crippen LogP contribution >= 0.6 is 0 Å². The quantitative estimate of drug-likeness (QED) is 0.405. The summed E-state index contributed by atoms with van der Waals surface area (Å²) in [6.45, 7) is 1.52. The van der Waals surface area contributed by atoms with Gasteiger partial charge in [-0.15, -0.1) is 0 Å². The lowest BCUT2D eigenvalue weighted by Gasteiger charge is -2.05. The van der Waals surface area contributed by atoms with Gasteiger partial charge >= 0.3 is 11.7 Å². The highest BCUT2D eigenvalue weighted by Crippen LogP contribution is 2.20. The molecule has 2 aromatic heterocycles. The van der Waals surface area contributed by atoms with Gasteiger partial charge in [0, 0.05) is 24.3 Å². The van der Waals surface area contributed by atoms with Crippen molar-refractivity contribution in [3.05, 3.63) is 69.8 Å². The molecular weight excluding hydrogens is 366 g/mol. The molecule has 1 amide bonds. The summed E-state index contributed by atoms with van der Waals surface area (Å²) in [4.78, 5) is 35.5. The number of carbonyl (C=O) groups excluding carboxylic acids is 2. The second-order valence-electron chi connectivity index (χ2n) is 5.86. The highest BCUT2D eigenvalue weighted by molar-refractivity contribution is 6.11. The van der Waals surface area contributed by atoms with Crippen molar-refractivity contribution in [1.29, 1.82) is 0 Å². The van der Waals surface area contributed by atoms with Gasteiger partial charge < -0.3 is 18.7 Å². The van der Waals surface area contributed by atoms with E-state index in [0.29, 0.717) is 25.0 Å². The molecule has 8 nitrogen and oxygen atoms in total. The van der Waals surface area contributed by atoms with E-state index in [4.69, 9.17) is 8.83 Å². The summed E-state index contributed by atoms with van der Waals surface area (Å²) in [6, 6.07) is 4.60. The number of hydrogen-bond donors (Lipinski definition) is 2. The van der Waals surface area contributed by atoms with Gasteiger partial charge in [0.25, 0.3) is 0 Å². The molecule has 0 aromatic carbocycles. The van der Waals surface area contributed by atoms with Crippen molar-refractivity contribution >= 4 is 18.0 Å². The first-order valence-electron chi connectivity index (χ1n) is 8.54. The molecule has 0 spiro atoms. The number of nitrogens with one attached hydrogen (secondary N) is 1. The monoisotopic (exact) mass is 387 g/mol. The summed E-state index contributed by atoms with van der Waals surface area (Å²) in [7, 11) is 1.26. The number of Topliss-reactive ketones (excluding diaryl/α,β-unsaturated/α-hetero) is 1. The van der Waals surface area contributed by atoms with Gasteiger partial charge in [-0.2, -0.15) is 0 Å². The Hall–Kier alpha value is -3.55. The number of furan rings is 1. The zero-order chi connectivity index (χ0) is 20.5. The van der Waals surface area contributed by atoms with Crippen molar-refractivity contribution in [1.82, 2.24) is 5.32 Å². The van der Waals surface area contributed by atoms with Crippen molar-refractivity contribution in [3.63, 3.8) is 0 Å². The zero-order valence-electron chi connectivity index (χ0n) is 15.6. The summed E-state index contributed by atoms with van der Waals surface area (Å²) in [5.74, 6) is -0.334. The second kappa shape index (κ2) is 9.96. The number of alkyl carbamates (subject to hydrolysis) is 1. The lowest BCUT2D eigenvalue weighted by molar-refractivity contribution is 0.102. The Bertz CT molecular complexity index is 936. The molecule has 0 saturated heterocycles. The Balaban J connectivity index is 2.01. The number of aromatic hydroxyl groups is 1. The maximum absolute atomic E-state index is 12.5. The van der Waals surface area contributed by atoms with Crippen molar-refractivity contribution in [3.8, 4) is 5.75 Å². The number of aryl methyl sites for hydroxylation is 1. The number of ether oxygens (including phenoxy) is 1. The van der Waals surface area contributed by atoms with Gasteiger partial charge in [-0.05, 0) is 38.0 Å². The fraction of sp³-hybridized carbons (Fsp3) is 0.250. The molecule has 0 aliphatic heterocycles. The van der Waals surface area contributed by atoms with Gasteiger partial charge in [-0.3, -0.25) is 10.1 Å². The highest BCUT2D eigenvalue weighted by Gasteiger charge is 2.20. The minimum absolute atomic E-state index is 0.230. The Morgan fingerprint density at radius 1 is 1.36 bits per heavy atom. The zero-order valence-corrected chi connectivity index (χ0v) is 15.6. The molecule has 148 valence electrons. The Kier molecular flexibility index (Phi) is 7.38. The van der Waals surface area contributed by atoms with Crippen LogP contribution in [0.5, 0.6) is 5.75 Å². The van der Waals surface area contributed by atoms with Crippen LogP contribution in [0, 0.1) is 0 Å². The summed E-state index contributed by atoms with van der Waals surface area (Å²) >= 11 is 0. The Labute approximate surface area is 161 Å². The standard InChI is InChI=1S/C20H21NO7/c1-13(11-14-8-6-10-27-14)18(23)17-16(22)12-15(28-19(17)24)7-4-3-5-9-21-20(25)26-2/h5-6,8-12,22H,3-4,7H2,1-2H3,(H,21,25)/b9-5+,13-11-. The van der Waals surface area contributed by atoms with Crippen LogP contribution in [-0.2, 0) is 11.2 Å². The Morgan fingerprint density at radius 2 is 2.14 bits per heavy atom. The number of ketones is 1. The van der Waals surface area contributed by atoms with E-state index in [1.165, 1.54) is 38.6 Å². The number of methoxy groups -OCH3 is 1. The van der Waals surface area contributed by atoms with Crippen LogP contribution < -0.4 is 10.9 Å². The molecule has 0 fully saturated rings. The van der Waals surface area contributed by atoms with Gasteiger partial charge in [0.1, 0.15) is 22.8 Å². The molecule has 2 N–H and O–H groups in total. The molecular formula is C20H21NO7. The first-order valence-corrected chi connectivity index (χ1v) is 8.54. The molecule has 2 aromatic rings. The number of allylic oxidation sites excluding steroid dienone is 2. The third kappa shape index (κ3) is 5.73. The molecule has 28 heavy (non-hydrogen) atoms. The number of unbranched alkanes of at least 4 members (excludes halogenated alkanes) is 1. The minimum Gasteiger partial charge on any atom is -0.507 e. The normalized spacial score (nSPS) is 11.6. The molecule has 0 aliphatic rings. The molecule has 0 saturated carbocycles. The lowest BCUT2D eigenvalue weighted by atomic mass is 10.0. The SMILES string of the molecule is COC(=O)N/C=C/CCCc1cc(O)c(C(=O)/C(C)=C\c2ccco2)c(=O)o1. The van der Waals surface area contributed by atoms with Gasteiger partial charge in [0.15, 0.2) is 5.78 Å². The van der Waals surface area contributed by atoms with Crippen molar-refractivity contribution in [2.75, 3.05) is 7.11 Å². The second-order valence-corrected chi connectivity index (χ2v) is 5.86. The van der Waals surface area contributed by atoms with Gasteiger partial charge in [0.2, 0.25) is 0 Å². The molecule has 0 bridgehead atoms. The lowest BCUT2D eigenvalue weighted by Crippen LogP contribution is -2.16. The summed E-state index contributed by atoms with van der Waals surface area (Å²) in [6.07, 6.45) is 7.12. The first-order chi connectivity index (χ1) is 13.4. The molecule has 2 heterocycles. The van der Waals surface area contributed by atoms with Crippen LogP contribution in [-0.4, -0.2) is 24.1 Å². The predicted molar refractivity (Wildman–Crippen MR) is 101 cm³/mol. The molecule has 8 heteroatoms. The Morgan fingerprint density at radius 3 is 2.79 bits per heavy atom. The third-order valence-corrected chi connectivity index (χ3v) is 3.77. The van der Waals surface area contributed by atoms with E-state index in [1.807, 2.05) is 0 Å².